The minimum Gasteiger partial charge on any atom is -0.427 e. The third-order valence-corrected chi connectivity index (χ3v) is 7.42. The molecule has 3 aliphatic rings. The summed E-state index contributed by atoms with van der Waals surface area (Å²) >= 11 is 6.02. The van der Waals surface area contributed by atoms with Crippen molar-refractivity contribution in [2.75, 3.05) is 9.80 Å². The Balaban J connectivity index is 1.44. The van der Waals surface area contributed by atoms with Gasteiger partial charge in [0.25, 0.3) is 0 Å². The number of rotatable bonds is 4. The number of hydrogen-bond donors (Lipinski definition) is 0. The number of halogens is 1. The first-order chi connectivity index (χ1) is 17.8. The molecular formula is C29H21ClN2O5. The van der Waals surface area contributed by atoms with E-state index < -0.39 is 35.8 Å². The van der Waals surface area contributed by atoms with Gasteiger partial charge in [0.1, 0.15) is 11.8 Å². The fourth-order valence-corrected chi connectivity index (χ4v) is 5.81. The topological polar surface area (TPSA) is 84.0 Å². The van der Waals surface area contributed by atoms with E-state index in [1.807, 2.05) is 41.3 Å². The molecule has 0 bridgehead atoms. The van der Waals surface area contributed by atoms with E-state index in [9.17, 15) is 19.2 Å². The van der Waals surface area contributed by atoms with Gasteiger partial charge in [0.05, 0.1) is 23.6 Å². The lowest BCUT2D eigenvalue weighted by Gasteiger charge is -2.36. The Morgan fingerprint density at radius 2 is 1.54 bits per heavy atom. The van der Waals surface area contributed by atoms with Gasteiger partial charge < -0.3 is 9.64 Å². The summed E-state index contributed by atoms with van der Waals surface area (Å²) in [4.78, 5) is 56.1. The zero-order chi connectivity index (χ0) is 25.8. The van der Waals surface area contributed by atoms with Crippen LogP contribution in [0.15, 0.2) is 78.9 Å². The van der Waals surface area contributed by atoms with Crippen LogP contribution in [-0.4, -0.2) is 35.7 Å². The van der Waals surface area contributed by atoms with Crippen LogP contribution in [-0.2, 0) is 14.4 Å². The molecule has 2 saturated heterocycles. The van der Waals surface area contributed by atoms with Crippen LogP contribution in [0.4, 0.5) is 11.4 Å². The molecule has 0 unspecified atom stereocenters. The maximum atomic E-state index is 14.1. The number of Topliss-reactive ketones (excluding diaryl/α,β-unsaturated/α-hetero) is 1. The van der Waals surface area contributed by atoms with Crippen molar-refractivity contribution in [1.29, 1.82) is 0 Å². The van der Waals surface area contributed by atoms with Crippen LogP contribution >= 0.6 is 11.6 Å². The Morgan fingerprint density at radius 1 is 0.865 bits per heavy atom. The van der Waals surface area contributed by atoms with Crippen LogP contribution in [0, 0.1) is 11.8 Å². The van der Waals surface area contributed by atoms with Crippen LogP contribution in [0.3, 0.4) is 0 Å². The number of para-hydroxylation sites is 1. The van der Waals surface area contributed by atoms with E-state index >= 15 is 0 Å². The number of ketones is 1. The molecule has 7 nitrogen and oxygen atoms in total. The Kier molecular flexibility index (Phi) is 5.46. The number of anilines is 2. The number of imide groups is 1. The van der Waals surface area contributed by atoms with Gasteiger partial charge >= 0.3 is 5.97 Å². The molecule has 0 aliphatic carbocycles. The van der Waals surface area contributed by atoms with E-state index in [2.05, 4.69) is 0 Å². The quantitative estimate of drug-likeness (QED) is 0.221. The minimum absolute atomic E-state index is 0.281. The first-order valence-electron chi connectivity index (χ1n) is 11.9. The number of nitrogens with zero attached hydrogens (tertiary/aromatic N) is 2. The van der Waals surface area contributed by atoms with Crippen molar-refractivity contribution in [3.05, 3.63) is 95.0 Å². The van der Waals surface area contributed by atoms with Gasteiger partial charge in [-0.05, 0) is 60.2 Å². The second-order valence-electron chi connectivity index (χ2n) is 9.28. The van der Waals surface area contributed by atoms with E-state index in [4.69, 9.17) is 16.3 Å². The van der Waals surface area contributed by atoms with Crippen molar-refractivity contribution in [2.24, 2.45) is 11.8 Å². The van der Waals surface area contributed by atoms with Crippen molar-refractivity contribution >= 4 is 52.6 Å². The molecule has 37 heavy (non-hydrogen) atoms. The van der Waals surface area contributed by atoms with E-state index in [1.165, 1.54) is 11.8 Å². The molecule has 4 atom stereocenters. The summed E-state index contributed by atoms with van der Waals surface area (Å²) in [6.45, 7) is 1.30. The largest absolute Gasteiger partial charge is 0.427 e. The minimum atomic E-state index is -0.894. The van der Waals surface area contributed by atoms with Crippen LogP contribution in [0.2, 0.25) is 5.02 Å². The average molecular weight is 513 g/mol. The molecule has 3 heterocycles. The molecule has 0 spiro atoms. The number of hydrogen-bond acceptors (Lipinski definition) is 6. The van der Waals surface area contributed by atoms with Crippen molar-refractivity contribution < 1.29 is 23.9 Å². The fraction of sp³-hybridized carbons (Fsp3) is 0.172. The summed E-state index contributed by atoms with van der Waals surface area (Å²) in [6, 6.07) is 19.0. The van der Waals surface area contributed by atoms with E-state index in [1.54, 1.807) is 48.5 Å². The summed E-state index contributed by atoms with van der Waals surface area (Å²) in [5.74, 6) is -2.76. The molecule has 3 aromatic rings. The van der Waals surface area contributed by atoms with Crippen LogP contribution < -0.4 is 14.5 Å². The monoisotopic (exact) mass is 512 g/mol. The SMILES string of the molecule is CC(=O)Oc1ccc(C(=O)[C@H]2[C@H]3C(=O)N(c4ccc(Cl)cc4)C(=O)[C@@H]3[C@H]3C=Cc4ccccc4N32)cc1. The van der Waals surface area contributed by atoms with Gasteiger partial charge in [-0.3, -0.25) is 19.2 Å². The molecule has 8 heteroatoms. The molecule has 3 aromatic carbocycles. The highest BCUT2D eigenvalue weighted by Crippen LogP contribution is 2.49. The van der Waals surface area contributed by atoms with Crippen molar-refractivity contribution in [3.8, 4) is 5.75 Å². The number of esters is 1. The first-order valence-corrected chi connectivity index (χ1v) is 12.2. The summed E-state index contributed by atoms with van der Waals surface area (Å²) < 4.78 is 5.09. The van der Waals surface area contributed by atoms with Crippen molar-refractivity contribution in [3.63, 3.8) is 0 Å². The van der Waals surface area contributed by atoms with Crippen LogP contribution in [0.5, 0.6) is 5.75 Å². The Morgan fingerprint density at radius 3 is 2.24 bits per heavy atom. The van der Waals surface area contributed by atoms with Gasteiger partial charge in [-0.15, -0.1) is 0 Å². The average Bonchev–Trinajstić information content (AvgIpc) is 3.37. The van der Waals surface area contributed by atoms with E-state index in [0.29, 0.717) is 22.0 Å². The highest BCUT2D eigenvalue weighted by atomic mass is 35.5. The van der Waals surface area contributed by atoms with E-state index in [0.717, 1.165) is 11.3 Å². The molecular weight excluding hydrogens is 492 g/mol. The summed E-state index contributed by atoms with van der Waals surface area (Å²) in [5.41, 5.74) is 2.50. The summed E-state index contributed by atoms with van der Waals surface area (Å²) in [7, 11) is 0. The standard InChI is InChI=1S/C29H21ClN2O5/c1-16(33)37-21-13-6-18(7-14-21)27(34)26-25-24(23-15-8-17-4-2-3-5-22(17)32(23)26)28(35)31(29(25)36)20-11-9-19(30)10-12-20/h2-15,23-26H,1H3/t23-,24-,25+,26-/m1/s1. The van der Waals surface area contributed by atoms with Gasteiger partial charge in [0.15, 0.2) is 5.78 Å². The molecule has 0 aromatic heterocycles. The maximum absolute atomic E-state index is 14.1. The second-order valence-corrected chi connectivity index (χ2v) is 9.72. The number of ether oxygens (including phenoxy) is 1. The lowest BCUT2D eigenvalue weighted by atomic mass is 9.86. The predicted molar refractivity (Wildman–Crippen MR) is 139 cm³/mol. The lowest BCUT2D eigenvalue weighted by molar-refractivity contribution is -0.132. The molecule has 6 rings (SSSR count). The highest BCUT2D eigenvalue weighted by molar-refractivity contribution is 6.31. The molecule has 2 fully saturated rings. The number of carbonyl (C=O) groups is 4. The normalized spacial score (nSPS) is 23.5. The van der Waals surface area contributed by atoms with Crippen LogP contribution in [0.25, 0.3) is 6.08 Å². The lowest BCUT2D eigenvalue weighted by Crippen LogP contribution is -2.48. The van der Waals surface area contributed by atoms with Gasteiger partial charge in [-0.2, -0.15) is 0 Å². The Bertz CT molecular complexity index is 1480. The number of benzene rings is 3. The van der Waals surface area contributed by atoms with Gasteiger partial charge in [-0.25, -0.2) is 4.90 Å². The molecule has 0 saturated carbocycles. The van der Waals surface area contributed by atoms with Gasteiger partial charge in [0.2, 0.25) is 11.8 Å². The number of fused-ring (bicyclic) bond motifs is 5. The third kappa shape index (κ3) is 3.65. The predicted octanol–water partition coefficient (Wildman–Crippen LogP) is 4.54. The fourth-order valence-electron chi connectivity index (χ4n) is 5.68. The first kappa shape index (κ1) is 23.2. The Labute approximate surface area is 217 Å². The number of carbonyl (C=O) groups excluding carboxylic acids is 4. The zero-order valence-electron chi connectivity index (χ0n) is 19.7. The highest BCUT2D eigenvalue weighted by Gasteiger charge is 2.64. The van der Waals surface area contributed by atoms with Gasteiger partial charge in [0, 0.05) is 23.2 Å². The molecule has 184 valence electrons. The van der Waals surface area contributed by atoms with Crippen molar-refractivity contribution in [2.45, 2.75) is 19.0 Å². The summed E-state index contributed by atoms with van der Waals surface area (Å²) in [5, 5.41) is 0.492. The maximum Gasteiger partial charge on any atom is 0.308 e. The van der Waals surface area contributed by atoms with Crippen molar-refractivity contribution in [1.82, 2.24) is 0 Å². The zero-order valence-corrected chi connectivity index (χ0v) is 20.5. The number of amides is 2. The molecule has 0 N–H and O–H groups in total. The molecule has 3 aliphatic heterocycles. The van der Waals surface area contributed by atoms with Crippen LogP contribution in [0.1, 0.15) is 22.8 Å². The molecule has 0 radical (unpaired) electrons. The summed E-state index contributed by atoms with van der Waals surface area (Å²) in [6.07, 6.45) is 3.85. The third-order valence-electron chi connectivity index (χ3n) is 7.17. The second kappa shape index (κ2) is 8.71. The van der Waals surface area contributed by atoms with E-state index in [-0.39, 0.29) is 11.7 Å². The smallest absolute Gasteiger partial charge is 0.308 e. The van der Waals surface area contributed by atoms with Gasteiger partial charge in [-0.1, -0.05) is 42.0 Å². The Hall–Kier alpha value is -4.23. The molecule has 2 amide bonds.